The zero-order chi connectivity index (χ0) is 14.7. The summed E-state index contributed by atoms with van der Waals surface area (Å²) in [6.45, 7) is 0. The van der Waals surface area contributed by atoms with Crippen LogP contribution in [-0.2, 0) is 6.42 Å². The molecular weight excluding hydrogens is 262 g/mol. The maximum atomic E-state index is 10.3. The molecule has 0 bridgehead atoms. The van der Waals surface area contributed by atoms with Gasteiger partial charge in [-0.15, -0.1) is 0 Å². The van der Waals surface area contributed by atoms with Crippen LogP contribution in [0.5, 0.6) is 0 Å². The molecule has 0 aliphatic heterocycles. The number of aromatic nitrogens is 2. The normalized spacial score (nSPS) is 16.8. The van der Waals surface area contributed by atoms with E-state index in [1.54, 1.807) is 18.2 Å². The maximum absolute atomic E-state index is 10.3. The first-order valence-corrected chi connectivity index (χ1v) is 7.48. The van der Waals surface area contributed by atoms with Crippen LogP contribution in [-0.4, -0.2) is 14.9 Å². The quantitative estimate of drug-likeness (QED) is 0.936. The monoisotopic (exact) mass is 281 g/mol. The Hall–Kier alpha value is -2.12. The van der Waals surface area contributed by atoms with E-state index in [0.717, 1.165) is 11.3 Å². The van der Waals surface area contributed by atoms with Gasteiger partial charge in [0.2, 0.25) is 0 Å². The zero-order valence-electron chi connectivity index (χ0n) is 11.9. The van der Waals surface area contributed by atoms with Crippen LogP contribution in [0.1, 0.15) is 54.6 Å². The minimum Gasteiger partial charge on any atom is -0.388 e. The first kappa shape index (κ1) is 13.8. The van der Waals surface area contributed by atoms with Crippen molar-refractivity contribution in [3.05, 3.63) is 53.3 Å². The van der Waals surface area contributed by atoms with Crippen molar-refractivity contribution in [1.82, 2.24) is 9.78 Å². The average Bonchev–Trinajstić information content (AvgIpc) is 3.18. The molecule has 1 fully saturated rings. The van der Waals surface area contributed by atoms with Crippen LogP contribution in [0.4, 0.5) is 0 Å². The van der Waals surface area contributed by atoms with Crippen molar-refractivity contribution in [3.8, 4) is 6.07 Å². The lowest BCUT2D eigenvalue weighted by atomic mass is 10.0. The summed E-state index contributed by atoms with van der Waals surface area (Å²) in [5, 5.41) is 23.8. The van der Waals surface area contributed by atoms with Gasteiger partial charge in [-0.3, -0.25) is 4.68 Å². The first-order valence-electron chi connectivity index (χ1n) is 7.48. The van der Waals surface area contributed by atoms with Crippen molar-refractivity contribution in [2.24, 2.45) is 0 Å². The van der Waals surface area contributed by atoms with E-state index in [1.165, 1.54) is 25.7 Å². The lowest BCUT2D eigenvalue weighted by molar-refractivity contribution is 0.176. The Balaban J connectivity index is 1.69. The van der Waals surface area contributed by atoms with E-state index >= 15 is 0 Å². The number of benzene rings is 1. The van der Waals surface area contributed by atoms with E-state index in [-0.39, 0.29) is 0 Å². The van der Waals surface area contributed by atoms with Crippen LogP contribution in [0.3, 0.4) is 0 Å². The molecule has 1 aromatic carbocycles. The van der Waals surface area contributed by atoms with E-state index in [4.69, 9.17) is 5.26 Å². The van der Waals surface area contributed by atoms with Crippen LogP contribution in [0, 0.1) is 11.3 Å². The highest BCUT2D eigenvalue weighted by Gasteiger charge is 2.18. The largest absolute Gasteiger partial charge is 0.388 e. The minimum atomic E-state index is -0.620. The SMILES string of the molecule is N#Cc1cccc(C(O)Cc2ccn(C3CCCC3)n2)c1. The highest BCUT2D eigenvalue weighted by atomic mass is 16.3. The Labute approximate surface area is 124 Å². The second kappa shape index (κ2) is 6.11. The molecule has 1 N–H and O–H groups in total. The molecule has 108 valence electrons. The van der Waals surface area contributed by atoms with Gasteiger partial charge in [0.1, 0.15) is 0 Å². The summed E-state index contributed by atoms with van der Waals surface area (Å²) in [7, 11) is 0. The summed E-state index contributed by atoms with van der Waals surface area (Å²) in [6, 6.07) is 11.7. The van der Waals surface area contributed by atoms with Crippen LogP contribution in [0.2, 0.25) is 0 Å². The molecule has 1 saturated carbocycles. The van der Waals surface area contributed by atoms with Gasteiger partial charge in [-0.25, -0.2) is 0 Å². The molecule has 1 aliphatic rings. The van der Waals surface area contributed by atoms with E-state index in [1.807, 2.05) is 23.0 Å². The van der Waals surface area contributed by atoms with Gasteiger partial charge < -0.3 is 5.11 Å². The molecule has 21 heavy (non-hydrogen) atoms. The molecule has 1 aliphatic carbocycles. The molecular formula is C17H19N3O. The van der Waals surface area contributed by atoms with Crippen LogP contribution < -0.4 is 0 Å². The van der Waals surface area contributed by atoms with Crippen molar-refractivity contribution >= 4 is 0 Å². The van der Waals surface area contributed by atoms with Crippen molar-refractivity contribution in [3.63, 3.8) is 0 Å². The molecule has 0 spiro atoms. The molecule has 1 aromatic heterocycles. The molecule has 1 unspecified atom stereocenters. The minimum absolute atomic E-state index is 0.481. The fourth-order valence-corrected chi connectivity index (χ4v) is 2.99. The van der Waals surface area contributed by atoms with Gasteiger partial charge >= 0.3 is 0 Å². The summed E-state index contributed by atoms with van der Waals surface area (Å²) >= 11 is 0. The lowest BCUT2D eigenvalue weighted by Crippen LogP contribution is -2.07. The van der Waals surface area contributed by atoms with Crippen molar-refractivity contribution in [2.75, 3.05) is 0 Å². The number of hydrogen-bond acceptors (Lipinski definition) is 3. The van der Waals surface area contributed by atoms with Crippen LogP contribution >= 0.6 is 0 Å². The standard InChI is InChI=1S/C17H19N3O/c18-12-13-4-3-5-14(10-13)17(21)11-15-8-9-20(19-15)16-6-1-2-7-16/h3-5,8-10,16-17,21H,1-2,6-7,11H2. The fraction of sp³-hybridized carbons (Fsp3) is 0.412. The van der Waals surface area contributed by atoms with Gasteiger partial charge in [0.15, 0.2) is 0 Å². The number of aliphatic hydroxyl groups excluding tert-OH is 1. The number of nitriles is 1. The molecule has 1 atom stereocenters. The molecule has 2 aromatic rings. The number of nitrogens with zero attached hydrogens (tertiary/aromatic N) is 3. The molecule has 0 amide bonds. The Morgan fingerprint density at radius 2 is 2.14 bits per heavy atom. The van der Waals surface area contributed by atoms with Crippen molar-refractivity contribution < 1.29 is 5.11 Å². The Bertz CT molecular complexity index is 650. The van der Waals surface area contributed by atoms with E-state index in [2.05, 4.69) is 11.2 Å². The number of rotatable bonds is 4. The second-order valence-corrected chi connectivity index (χ2v) is 5.68. The topological polar surface area (TPSA) is 61.8 Å². The number of hydrogen-bond donors (Lipinski definition) is 1. The summed E-state index contributed by atoms with van der Waals surface area (Å²) in [6.07, 6.45) is 6.85. The van der Waals surface area contributed by atoms with Gasteiger partial charge in [-0.2, -0.15) is 10.4 Å². The highest BCUT2D eigenvalue weighted by molar-refractivity contribution is 5.34. The third-order valence-corrected chi connectivity index (χ3v) is 4.17. The van der Waals surface area contributed by atoms with Crippen LogP contribution in [0.15, 0.2) is 36.5 Å². The number of aliphatic hydroxyl groups is 1. The first-order chi connectivity index (χ1) is 10.3. The van der Waals surface area contributed by atoms with E-state index in [9.17, 15) is 5.11 Å². The predicted molar refractivity (Wildman–Crippen MR) is 79.6 cm³/mol. The summed E-state index contributed by atoms with van der Waals surface area (Å²) in [5.41, 5.74) is 2.24. The predicted octanol–water partition coefficient (Wildman–Crippen LogP) is 3.15. The smallest absolute Gasteiger partial charge is 0.0991 e. The van der Waals surface area contributed by atoms with Gasteiger partial charge in [-0.05, 0) is 36.6 Å². The summed E-state index contributed by atoms with van der Waals surface area (Å²) < 4.78 is 2.04. The molecule has 4 nitrogen and oxygen atoms in total. The second-order valence-electron chi connectivity index (χ2n) is 5.68. The molecule has 0 radical (unpaired) electrons. The lowest BCUT2D eigenvalue weighted by Gasteiger charge is -2.11. The van der Waals surface area contributed by atoms with E-state index in [0.29, 0.717) is 18.0 Å². The van der Waals surface area contributed by atoms with Crippen molar-refractivity contribution in [2.45, 2.75) is 44.2 Å². The van der Waals surface area contributed by atoms with Gasteiger partial charge in [-0.1, -0.05) is 25.0 Å². The average molecular weight is 281 g/mol. The third-order valence-electron chi connectivity index (χ3n) is 4.17. The maximum Gasteiger partial charge on any atom is 0.0991 e. The van der Waals surface area contributed by atoms with E-state index < -0.39 is 6.10 Å². The van der Waals surface area contributed by atoms with Gasteiger partial charge in [0.25, 0.3) is 0 Å². The summed E-state index contributed by atoms with van der Waals surface area (Å²) in [4.78, 5) is 0. The fourth-order valence-electron chi connectivity index (χ4n) is 2.99. The summed E-state index contributed by atoms with van der Waals surface area (Å²) in [5.74, 6) is 0. The van der Waals surface area contributed by atoms with Crippen LogP contribution in [0.25, 0.3) is 0 Å². The molecule has 1 heterocycles. The highest BCUT2D eigenvalue weighted by Crippen LogP contribution is 2.29. The third kappa shape index (κ3) is 3.14. The molecule has 4 heteroatoms. The molecule has 3 rings (SSSR count). The Morgan fingerprint density at radius 3 is 2.90 bits per heavy atom. The molecule has 0 saturated heterocycles. The Kier molecular flexibility index (Phi) is 4.03. The van der Waals surface area contributed by atoms with Gasteiger partial charge in [0, 0.05) is 12.6 Å². The zero-order valence-corrected chi connectivity index (χ0v) is 11.9. The Morgan fingerprint density at radius 1 is 1.33 bits per heavy atom. The van der Waals surface area contributed by atoms with Gasteiger partial charge in [0.05, 0.1) is 29.5 Å². The van der Waals surface area contributed by atoms with Crippen molar-refractivity contribution in [1.29, 1.82) is 5.26 Å².